The van der Waals surface area contributed by atoms with Crippen LogP contribution in [0.1, 0.15) is 20.3 Å². The van der Waals surface area contributed by atoms with Gasteiger partial charge in [0.1, 0.15) is 6.54 Å². The summed E-state index contributed by atoms with van der Waals surface area (Å²) in [5, 5.41) is 6.77. The lowest BCUT2D eigenvalue weighted by molar-refractivity contribution is -0.127. The fourth-order valence-electron chi connectivity index (χ4n) is 2.64. The lowest BCUT2D eigenvalue weighted by Crippen LogP contribution is -2.47. The number of amides is 1. The summed E-state index contributed by atoms with van der Waals surface area (Å²) < 4.78 is 0. The van der Waals surface area contributed by atoms with E-state index in [-0.39, 0.29) is 42.5 Å². The number of para-hydroxylation sites is 1. The SMILES string of the molecule is CC(C)NC(=NCC(=O)N(C)C)NC1CCN(c2ccccc2)C1.I. The molecule has 1 amide bonds. The third kappa shape index (κ3) is 7.09. The van der Waals surface area contributed by atoms with Gasteiger partial charge in [-0.05, 0) is 32.4 Å². The molecule has 1 saturated heterocycles. The number of rotatable bonds is 5. The maximum absolute atomic E-state index is 11.8. The highest BCUT2D eigenvalue weighted by molar-refractivity contribution is 14.0. The maximum Gasteiger partial charge on any atom is 0.243 e. The Morgan fingerprint density at radius 1 is 1.32 bits per heavy atom. The standard InChI is InChI=1S/C18H29N5O.HI/c1-14(2)20-18(19-12-17(24)22(3)4)21-15-10-11-23(13-15)16-8-6-5-7-9-16;/h5-9,14-15H,10-13H2,1-4H3,(H2,19,20,21);1H. The number of halogens is 1. The quantitative estimate of drug-likeness (QED) is 0.402. The first-order chi connectivity index (χ1) is 11.5. The molecule has 1 unspecified atom stereocenters. The number of hydrogen-bond acceptors (Lipinski definition) is 3. The van der Waals surface area contributed by atoms with E-state index in [2.05, 4.69) is 58.6 Å². The first-order valence-electron chi connectivity index (χ1n) is 8.53. The molecule has 1 atom stereocenters. The summed E-state index contributed by atoms with van der Waals surface area (Å²) in [6, 6.07) is 11.0. The van der Waals surface area contributed by atoms with Gasteiger partial charge in [0.25, 0.3) is 0 Å². The molecule has 7 heteroatoms. The van der Waals surface area contributed by atoms with Crippen molar-refractivity contribution in [2.24, 2.45) is 4.99 Å². The number of guanidine groups is 1. The smallest absolute Gasteiger partial charge is 0.243 e. The van der Waals surface area contributed by atoms with Crippen LogP contribution in [0.5, 0.6) is 0 Å². The van der Waals surface area contributed by atoms with E-state index < -0.39 is 0 Å². The molecule has 0 radical (unpaired) electrons. The molecule has 1 aromatic rings. The van der Waals surface area contributed by atoms with E-state index in [0.29, 0.717) is 12.0 Å². The Morgan fingerprint density at radius 3 is 2.60 bits per heavy atom. The number of aliphatic imine (C=N–C) groups is 1. The predicted octanol–water partition coefficient (Wildman–Crippen LogP) is 1.92. The van der Waals surface area contributed by atoms with E-state index in [1.165, 1.54) is 5.69 Å². The molecule has 140 valence electrons. The zero-order chi connectivity index (χ0) is 17.5. The Hall–Kier alpha value is -1.51. The van der Waals surface area contributed by atoms with E-state index in [9.17, 15) is 4.79 Å². The van der Waals surface area contributed by atoms with Gasteiger partial charge < -0.3 is 20.4 Å². The predicted molar refractivity (Wildman–Crippen MR) is 115 cm³/mol. The summed E-state index contributed by atoms with van der Waals surface area (Å²) in [6.07, 6.45) is 1.05. The third-order valence-electron chi connectivity index (χ3n) is 3.95. The molecule has 0 aromatic heterocycles. The zero-order valence-electron chi connectivity index (χ0n) is 15.5. The number of nitrogens with zero attached hydrogens (tertiary/aromatic N) is 3. The van der Waals surface area contributed by atoms with Crippen LogP contribution in [0.2, 0.25) is 0 Å². The van der Waals surface area contributed by atoms with Gasteiger partial charge in [0.15, 0.2) is 5.96 Å². The first-order valence-corrected chi connectivity index (χ1v) is 8.53. The van der Waals surface area contributed by atoms with Crippen LogP contribution >= 0.6 is 24.0 Å². The Kier molecular flexibility index (Phi) is 9.02. The summed E-state index contributed by atoms with van der Waals surface area (Å²) in [5.74, 6) is 0.706. The van der Waals surface area contributed by atoms with Gasteiger partial charge in [0.2, 0.25) is 5.91 Å². The molecule has 2 rings (SSSR count). The molecule has 1 aromatic carbocycles. The highest BCUT2D eigenvalue weighted by Crippen LogP contribution is 2.19. The number of nitrogens with one attached hydrogen (secondary N) is 2. The minimum Gasteiger partial charge on any atom is -0.369 e. The van der Waals surface area contributed by atoms with Crippen molar-refractivity contribution >= 4 is 41.5 Å². The van der Waals surface area contributed by atoms with Gasteiger partial charge in [0.05, 0.1) is 0 Å². The maximum atomic E-state index is 11.8. The normalized spacial score (nSPS) is 17.2. The van der Waals surface area contributed by atoms with Crippen LogP contribution in [-0.4, -0.2) is 62.6 Å². The summed E-state index contributed by atoms with van der Waals surface area (Å²) >= 11 is 0. The molecule has 1 heterocycles. The fourth-order valence-corrected chi connectivity index (χ4v) is 2.64. The van der Waals surface area contributed by atoms with Crippen LogP contribution in [0.3, 0.4) is 0 Å². The van der Waals surface area contributed by atoms with Crippen LogP contribution in [0.25, 0.3) is 0 Å². The van der Waals surface area contributed by atoms with Crippen molar-refractivity contribution in [2.75, 3.05) is 38.6 Å². The molecule has 6 nitrogen and oxygen atoms in total. The molecule has 2 N–H and O–H groups in total. The van der Waals surface area contributed by atoms with Crippen LogP contribution < -0.4 is 15.5 Å². The average molecular weight is 459 g/mol. The first kappa shape index (κ1) is 21.5. The molecule has 1 aliphatic rings. The van der Waals surface area contributed by atoms with Crippen LogP contribution in [0.15, 0.2) is 35.3 Å². The summed E-state index contributed by atoms with van der Waals surface area (Å²) in [4.78, 5) is 20.1. The third-order valence-corrected chi connectivity index (χ3v) is 3.95. The minimum absolute atomic E-state index is 0. The highest BCUT2D eigenvalue weighted by atomic mass is 127. The monoisotopic (exact) mass is 459 g/mol. The Labute approximate surface area is 168 Å². The van der Waals surface area contributed by atoms with Crippen molar-refractivity contribution in [2.45, 2.75) is 32.4 Å². The van der Waals surface area contributed by atoms with E-state index >= 15 is 0 Å². The Balaban J connectivity index is 0.00000312. The molecule has 1 fully saturated rings. The second kappa shape index (κ2) is 10.5. The molecule has 1 aliphatic heterocycles. The molecular formula is C18H30IN5O. The second-order valence-electron chi connectivity index (χ2n) is 6.66. The van der Waals surface area contributed by atoms with Gasteiger partial charge in [-0.15, -0.1) is 24.0 Å². The molecule has 0 bridgehead atoms. The summed E-state index contributed by atoms with van der Waals surface area (Å²) in [6.45, 7) is 6.24. The number of benzene rings is 1. The van der Waals surface area contributed by atoms with Gasteiger partial charge >= 0.3 is 0 Å². The lowest BCUT2D eigenvalue weighted by atomic mass is 10.2. The number of anilines is 1. The van der Waals surface area contributed by atoms with E-state index in [1.807, 2.05) is 6.07 Å². The molecular weight excluding hydrogens is 429 g/mol. The van der Waals surface area contributed by atoms with Crippen molar-refractivity contribution in [3.05, 3.63) is 30.3 Å². The van der Waals surface area contributed by atoms with Crippen molar-refractivity contribution < 1.29 is 4.79 Å². The number of hydrogen-bond donors (Lipinski definition) is 2. The van der Waals surface area contributed by atoms with Crippen molar-refractivity contribution in [1.29, 1.82) is 0 Å². The van der Waals surface area contributed by atoms with Gasteiger partial charge in [-0.3, -0.25) is 4.79 Å². The molecule has 0 aliphatic carbocycles. The van der Waals surface area contributed by atoms with Gasteiger partial charge in [0, 0.05) is 45.0 Å². The van der Waals surface area contributed by atoms with Crippen molar-refractivity contribution in [3.8, 4) is 0 Å². The van der Waals surface area contributed by atoms with Crippen LogP contribution in [-0.2, 0) is 4.79 Å². The lowest BCUT2D eigenvalue weighted by Gasteiger charge is -2.21. The summed E-state index contributed by atoms with van der Waals surface area (Å²) in [7, 11) is 3.49. The van der Waals surface area contributed by atoms with E-state index in [1.54, 1.807) is 19.0 Å². The van der Waals surface area contributed by atoms with Crippen molar-refractivity contribution in [1.82, 2.24) is 15.5 Å². The van der Waals surface area contributed by atoms with Crippen LogP contribution in [0.4, 0.5) is 5.69 Å². The topological polar surface area (TPSA) is 60.0 Å². The number of carbonyl (C=O) groups is 1. The molecule has 25 heavy (non-hydrogen) atoms. The van der Waals surface area contributed by atoms with Gasteiger partial charge in [-0.25, -0.2) is 4.99 Å². The highest BCUT2D eigenvalue weighted by Gasteiger charge is 2.23. The average Bonchev–Trinajstić information content (AvgIpc) is 3.01. The van der Waals surface area contributed by atoms with E-state index in [4.69, 9.17) is 0 Å². The number of likely N-dealkylation sites (N-methyl/N-ethyl adjacent to an activating group) is 1. The second-order valence-corrected chi connectivity index (χ2v) is 6.66. The van der Waals surface area contributed by atoms with E-state index in [0.717, 1.165) is 19.5 Å². The largest absolute Gasteiger partial charge is 0.369 e. The fraction of sp³-hybridized carbons (Fsp3) is 0.556. The molecule has 0 saturated carbocycles. The van der Waals surface area contributed by atoms with Gasteiger partial charge in [-0.1, -0.05) is 18.2 Å². The van der Waals surface area contributed by atoms with Gasteiger partial charge in [-0.2, -0.15) is 0 Å². The Morgan fingerprint density at radius 2 is 2.00 bits per heavy atom. The zero-order valence-corrected chi connectivity index (χ0v) is 17.9. The summed E-state index contributed by atoms with van der Waals surface area (Å²) in [5.41, 5.74) is 1.25. The Bertz CT molecular complexity index is 562. The molecule has 0 spiro atoms. The van der Waals surface area contributed by atoms with Crippen molar-refractivity contribution in [3.63, 3.8) is 0 Å². The van der Waals surface area contributed by atoms with Crippen LogP contribution in [0, 0.1) is 0 Å². The number of carbonyl (C=O) groups excluding carboxylic acids is 1. The minimum atomic E-state index is -0.00260.